The number of hydrogen-bond acceptors (Lipinski definition) is 6. The molecule has 0 spiro atoms. The van der Waals surface area contributed by atoms with E-state index in [0.29, 0.717) is 18.0 Å². The Kier molecular flexibility index (Phi) is 5.15. The second-order valence-corrected chi connectivity index (χ2v) is 5.63. The first-order chi connectivity index (χ1) is 10.4. The number of ketones is 2. The van der Waals surface area contributed by atoms with Crippen LogP contribution in [0.5, 0.6) is 11.5 Å². The normalized spacial score (nSPS) is 18.0. The van der Waals surface area contributed by atoms with Gasteiger partial charge in [-0.1, -0.05) is 19.9 Å². The fourth-order valence-electron chi connectivity index (χ4n) is 2.17. The van der Waals surface area contributed by atoms with Gasteiger partial charge in [-0.05, 0) is 19.1 Å². The summed E-state index contributed by atoms with van der Waals surface area (Å²) in [5.74, 6) is -0.0615. The van der Waals surface area contributed by atoms with Crippen LogP contribution in [0.15, 0.2) is 18.2 Å². The molecule has 1 aromatic carbocycles. The van der Waals surface area contributed by atoms with E-state index in [0.717, 1.165) is 0 Å². The summed E-state index contributed by atoms with van der Waals surface area (Å²) in [7, 11) is 0. The number of carbonyl (C=O) groups is 2. The molecule has 0 radical (unpaired) electrons. The number of fused-ring (bicyclic) bond motifs is 1. The zero-order chi connectivity index (χ0) is 16.3. The van der Waals surface area contributed by atoms with Gasteiger partial charge in [-0.15, -0.1) is 0 Å². The zero-order valence-corrected chi connectivity index (χ0v) is 13.0. The van der Waals surface area contributed by atoms with Gasteiger partial charge < -0.3 is 19.9 Å². The number of aliphatic hydroxyl groups excluding tert-OH is 1. The number of benzene rings is 1. The van der Waals surface area contributed by atoms with Crippen LogP contribution in [0.25, 0.3) is 0 Å². The lowest BCUT2D eigenvalue weighted by Gasteiger charge is -2.15. The van der Waals surface area contributed by atoms with E-state index in [1.807, 2.05) is 13.8 Å². The summed E-state index contributed by atoms with van der Waals surface area (Å²) in [4.78, 5) is 23.6. The molecule has 2 N–H and O–H groups in total. The number of ether oxygens (including phenoxy) is 2. The van der Waals surface area contributed by atoms with Crippen molar-refractivity contribution in [3.63, 3.8) is 0 Å². The van der Waals surface area contributed by atoms with Crippen molar-refractivity contribution in [1.82, 2.24) is 5.32 Å². The Morgan fingerprint density at radius 3 is 2.82 bits per heavy atom. The SMILES string of the molecule is CC(=O)C1Oc2cccc(OCC(O)CNC(C)C)c2C1=O. The Hall–Kier alpha value is -1.92. The van der Waals surface area contributed by atoms with Crippen molar-refractivity contribution in [2.45, 2.75) is 39.0 Å². The van der Waals surface area contributed by atoms with Crippen LogP contribution in [0.1, 0.15) is 31.1 Å². The molecule has 1 aromatic rings. The molecular formula is C16H21NO5. The number of carbonyl (C=O) groups excluding carboxylic acids is 2. The number of Topliss-reactive ketones (excluding diaryl/α,β-unsaturated/α-hetero) is 2. The number of rotatable bonds is 7. The van der Waals surface area contributed by atoms with Crippen molar-refractivity contribution in [3.8, 4) is 11.5 Å². The van der Waals surface area contributed by atoms with Gasteiger partial charge in [0.25, 0.3) is 0 Å². The van der Waals surface area contributed by atoms with E-state index >= 15 is 0 Å². The predicted molar refractivity (Wildman–Crippen MR) is 80.5 cm³/mol. The molecule has 2 unspecified atom stereocenters. The monoisotopic (exact) mass is 307 g/mol. The second-order valence-electron chi connectivity index (χ2n) is 5.63. The highest BCUT2D eigenvalue weighted by Gasteiger charge is 2.38. The maximum Gasteiger partial charge on any atom is 0.219 e. The van der Waals surface area contributed by atoms with Crippen LogP contribution < -0.4 is 14.8 Å². The van der Waals surface area contributed by atoms with Crippen LogP contribution in [-0.2, 0) is 4.79 Å². The van der Waals surface area contributed by atoms with Gasteiger partial charge in [-0.25, -0.2) is 0 Å². The first-order valence-electron chi connectivity index (χ1n) is 7.28. The third-order valence-corrected chi connectivity index (χ3v) is 3.28. The molecule has 1 aliphatic rings. The van der Waals surface area contributed by atoms with Gasteiger partial charge in [0.15, 0.2) is 5.78 Å². The molecule has 0 aliphatic carbocycles. The molecule has 0 aromatic heterocycles. The van der Waals surface area contributed by atoms with E-state index in [2.05, 4.69) is 5.32 Å². The third-order valence-electron chi connectivity index (χ3n) is 3.28. The van der Waals surface area contributed by atoms with Gasteiger partial charge in [0, 0.05) is 12.6 Å². The first-order valence-corrected chi connectivity index (χ1v) is 7.28. The lowest BCUT2D eigenvalue weighted by molar-refractivity contribution is -0.121. The molecule has 22 heavy (non-hydrogen) atoms. The Morgan fingerprint density at radius 2 is 2.18 bits per heavy atom. The van der Waals surface area contributed by atoms with Crippen LogP contribution in [0.2, 0.25) is 0 Å². The van der Waals surface area contributed by atoms with Crippen LogP contribution >= 0.6 is 0 Å². The quantitative estimate of drug-likeness (QED) is 0.730. The summed E-state index contributed by atoms with van der Waals surface area (Å²) in [5.41, 5.74) is 0.270. The minimum Gasteiger partial charge on any atom is -0.490 e. The van der Waals surface area contributed by atoms with Crippen LogP contribution in [0.3, 0.4) is 0 Å². The van der Waals surface area contributed by atoms with Crippen molar-refractivity contribution >= 4 is 11.6 Å². The summed E-state index contributed by atoms with van der Waals surface area (Å²) in [6.45, 7) is 5.73. The Labute approximate surface area is 129 Å². The van der Waals surface area contributed by atoms with Crippen molar-refractivity contribution in [1.29, 1.82) is 0 Å². The molecule has 0 fully saturated rings. The summed E-state index contributed by atoms with van der Waals surface area (Å²) in [6, 6.07) is 5.20. The van der Waals surface area contributed by atoms with E-state index in [4.69, 9.17) is 9.47 Å². The van der Waals surface area contributed by atoms with Gasteiger partial charge in [-0.3, -0.25) is 9.59 Å². The first kappa shape index (κ1) is 16.5. The molecule has 6 heteroatoms. The van der Waals surface area contributed by atoms with E-state index in [9.17, 15) is 14.7 Å². The molecule has 0 saturated heterocycles. The van der Waals surface area contributed by atoms with E-state index in [1.54, 1.807) is 18.2 Å². The third kappa shape index (κ3) is 3.64. The molecule has 6 nitrogen and oxygen atoms in total. The van der Waals surface area contributed by atoms with Gasteiger partial charge in [0.1, 0.15) is 29.8 Å². The molecule has 120 valence electrons. The van der Waals surface area contributed by atoms with Gasteiger partial charge in [0.05, 0.1) is 0 Å². The minimum absolute atomic E-state index is 0.0498. The molecule has 0 saturated carbocycles. The molecule has 1 heterocycles. The molecule has 2 rings (SSSR count). The Balaban J connectivity index is 2.04. The summed E-state index contributed by atoms with van der Waals surface area (Å²) >= 11 is 0. The maximum atomic E-state index is 12.2. The summed E-state index contributed by atoms with van der Waals surface area (Å²) in [5, 5.41) is 13.0. The number of nitrogens with one attached hydrogen (secondary N) is 1. The molecule has 1 aliphatic heterocycles. The summed E-state index contributed by atoms with van der Waals surface area (Å²) in [6.07, 6.45) is -1.79. The fourth-order valence-corrected chi connectivity index (χ4v) is 2.17. The standard InChI is InChI=1S/C16H21NO5/c1-9(2)17-7-11(19)8-21-12-5-4-6-13-14(12)15(20)16(22-13)10(3)18/h4-6,9,11,16-17,19H,7-8H2,1-3H3. The molecule has 0 bridgehead atoms. The average molecular weight is 307 g/mol. The topological polar surface area (TPSA) is 84.9 Å². The van der Waals surface area contributed by atoms with Gasteiger partial charge in [-0.2, -0.15) is 0 Å². The second kappa shape index (κ2) is 6.89. The fraction of sp³-hybridized carbons (Fsp3) is 0.500. The van der Waals surface area contributed by atoms with Crippen molar-refractivity contribution in [2.75, 3.05) is 13.2 Å². The van der Waals surface area contributed by atoms with E-state index in [1.165, 1.54) is 6.92 Å². The number of hydrogen-bond donors (Lipinski definition) is 2. The minimum atomic E-state index is -1.09. The highest BCUT2D eigenvalue weighted by atomic mass is 16.5. The van der Waals surface area contributed by atoms with Gasteiger partial charge in [0.2, 0.25) is 11.9 Å². The van der Waals surface area contributed by atoms with Crippen molar-refractivity contribution < 1.29 is 24.2 Å². The molecule has 2 atom stereocenters. The Morgan fingerprint density at radius 1 is 1.45 bits per heavy atom. The highest BCUT2D eigenvalue weighted by Crippen LogP contribution is 2.36. The van der Waals surface area contributed by atoms with Gasteiger partial charge >= 0.3 is 0 Å². The predicted octanol–water partition coefficient (Wildman–Crippen LogP) is 0.957. The summed E-state index contributed by atoms with van der Waals surface area (Å²) < 4.78 is 10.9. The van der Waals surface area contributed by atoms with Crippen LogP contribution in [0, 0.1) is 0 Å². The van der Waals surface area contributed by atoms with E-state index in [-0.39, 0.29) is 24.0 Å². The lowest BCUT2D eigenvalue weighted by atomic mass is 10.1. The smallest absolute Gasteiger partial charge is 0.219 e. The van der Waals surface area contributed by atoms with Crippen LogP contribution in [-0.4, -0.2) is 48.1 Å². The zero-order valence-electron chi connectivity index (χ0n) is 13.0. The lowest BCUT2D eigenvalue weighted by Crippen LogP contribution is -2.35. The molecule has 0 amide bonds. The van der Waals surface area contributed by atoms with E-state index < -0.39 is 18.0 Å². The largest absolute Gasteiger partial charge is 0.490 e. The number of aliphatic hydroxyl groups is 1. The molecular weight excluding hydrogens is 286 g/mol. The van der Waals surface area contributed by atoms with Crippen molar-refractivity contribution in [3.05, 3.63) is 23.8 Å². The average Bonchev–Trinajstić information content (AvgIpc) is 2.81. The van der Waals surface area contributed by atoms with Crippen molar-refractivity contribution in [2.24, 2.45) is 0 Å². The van der Waals surface area contributed by atoms with Crippen LogP contribution in [0.4, 0.5) is 0 Å². The maximum absolute atomic E-state index is 12.2. The Bertz CT molecular complexity index is 570. The highest BCUT2D eigenvalue weighted by molar-refractivity contribution is 6.17.